The second-order valence-electron chi connectivity index (χ2n) is 11.0. The van der Waals surface area contributed by atoms with Gasteiger partial charge in [0.15, 0.2) is 0 Å². The molecular formula is C32H25FeN12. The summed E-state index contributed by atoms with van der Waals surface area (Å²) in [4.78, 5) is 36.7. The van der Waals surface area contributed by atoms with Crippen molar-refractivity contribution in [1.29, 1.82) is 0 Å². The van der Waals surface area contributed by atoms with Gasteiger partial charge in [0.05, 0.1) is 0 Å². The number of nitrogens with two attached hydrogens (primary N) is 4. The topological polar surface area (TPSA) is 213 Å². The van der Waals surface area contributed by atoms with E-state index in [1.807, 2.05) is 78.9 Å². The number of aromatic amines is 2. The average molecular weight is 633 g/mol. The van der Waals surface area contributed by atoms with Gasteiger partial charge in [0, 0.05) is 0 Å². The van der Waals surface area contributed by atoms with Crippen molar-refractivity contribution >= 4 is 48.6 Å². The quantitative estimate of drug-likeness (QED) is 0.144. The molecule has 9 rings (SSSR count). The summed E-state index contributed by atoms with van der Waals surface area (Å²) in [5.74, 6) is 1.96. The Morgan fingerprint density at radius 3 is 1.24 bits per heavy atom. The minimum absolute atomic E-state index is 0.409. The summed E-state index contributed by atoms with van der Waals surface area (Å²) >= 11 is -4.40. The Bertz CT molecular complexity index is 2560. The van der Waals surface area contributed by atoms with Crippen LogP contribution < -0.4 is 23.5 Å². The van der Waals surface area contributed by atoms with Crippen LogP contribution in [0.4, 0.5) is 0 Å². The van der Waals surface area contributed by atoms with Gasteiger partial charge in [0.25, 0.3) is 0 Å². The van der Waals surface area contributed by atoms with Crippen molar-refractivity contribution in [2.45, 2.75) is 0 Å². The molecular weight excluding hydrogens is 608 g/mol. The predicted octanol–water partition coefficient (Wildman–Crippen LogP) is 3.68. The molecule has 10 N–H and O–H groups in total. The van der Waals surface area contributed by atoms with Gasteiger partial charge in [-0.1, -0.05) is 6.07 Å². The summed E-state index contributed by atoms with van der Waals surface area (Å²) in [6, 6.07) is 29.0. The fourth-order valence-corrected chi connectivity index (χ4v) is 7.43. The zero-order valence-electron chi connectivity index (χ0n) is 23.5. The van der Waals surface area contributed by atoms with Gasteiger partial charge in [0.1, 0.15) is 0 Å². The molecule has 0 unspecified atom stereocenters. The number of nitrogens with one attached hydrogen (secondary N) is 2. The Morgan fingerprint density at radius 1 is 0.400 bits per heavy atom. The van der Waals surface area contributed by atoms with E-state index in [0.29, 0.717) is 61.1 Å². The average Bonchev–Trinajstić information content (AvgIpc) is 3.76. The summed E-state index contributed by atoms with van der Waals surface area (Å²) in [6.07, 6.45) is 0. The summed E-state index contributed by atoms with van der Waals surface area (Å²) in [6.45, 7) is 0. The molecule has 0 atom stereocenters. The first-order valence-corrected chi connectivity index (χ1v) is 17.0. The van der Waals surface area contributed by atoms with E-state index in [1.54, 1.807) is 12.1 Å². The summed E-state index contributed by atoms with van der Waals surface area (Å²) < 4.78 is 26.1. The van der Waals surface area contributed by atoms with E-state index in [0.717, 1.165) is 33.0 Å². The monoisotopic (exact) mass is 633 g/mol. The summed E-state index contributed by atoms with van der Waals surface area (Å²) in [5, 5.41) is 3.07. The number of fused-ring (bicyclic) bond motifs is 20. The Labute approximate surface area is 256 Å². The Morgan fingerprint density at radius 2 is 0.778 bits per heavy atom. The maximum absolute atomic E-state index is 6.42. The second-order valence-corrected chi connectivity index (χ2v) is 15.1. The minimum atomic E-state index is -4.40. The standard InChI is InChI=1S/C32H17N8.Fe.4H2N/c1-2-10-18-17(9-1)25-33-26(18)38-28-21-13-5-6-14-22(21)30(35-28)40-32-24-16-8-7-15-23(24)31(36-32)39-29-20-12-4-3-11-19(20)27(34-29)37-25;;;;;/h1-15H,(H2,33,34,35,36,37,38,39,40);;4*1H2/q;+4;4*-1. The van der Waals surface area contributed by atoms with Crippen LogP contribution in [0.15, 0.2) is 91.0 Å². The van der Waals surface area contributed by atoms with E-state index in [1.165, 1.54) is 0 Å². The molecule has 45 heavy (non-hydrogen) atoms. The van der Waals surface area contributed by atoms with Crippen molar-refractivity contribution in [3.63, 3.8) is 0 Å². The second kappa shape index (κ2) is 8.83. The first-order chi connectivity index (χ1) is 21.7. The molecule has 0 spiro atoms. The molecule has 0 amide bonds. The Kier molecular flexibility index (Phi) is 5.11. The molecule has 0 fully saturated rings. The maximum atomic E-state index is 6.42. The van der Waals surface area contributed by atoms with Gasteiger partial charge >= 0.3 is 251 Å². The van der Waals surface area contributed by atoms with Crippen molar-refractivity contribution in [2.24, 2.45) is 19.0 Å². The molecule has 221 valence electrons. The Balaban J connectivity index is 1.52. The van der Waals surface area contributed by atoms with Crippen molar-refractivity contribution in [3.05, 3.63) is 91.0 Å². The summed E-state index contributed by atoms with van der Waals surface area (Å²) in [7, 11) is 0. The summed E-state index contributed by atoms with van der Waals surface area (Å²) in [5.41, 5.74) is 5.49. The van der Waals surface area contributed by atoms with Crippen LogP contribution in [0.2, 0.25) is 0 Å². The molecule has 2 aliphatic heterocycles. The fourth-order valence-electron chi connectivity index (χ4n) is 5.98. The van der Waals surface area contributed by atoms with Crippen molar-refractivity contribution in [2.75, 3.05) is 0 Å². The van der Waals surface area contributed by atoms with E-state index >= 15 is 0 Å². The van der Waals surface area contributed by atoms with Crippen molar-refractivity contribution < 1.29 is 12.7 Å². The van der Waals surface area contributed by atoms with Gasteiger partial charge in [0.2, 0.25) is 0 Å². The van der Waals surface area contributed by atoms with Crippen LogP contribution in [0.5, 0.6) is 0 Å². The van der Waals surface area contributed by atoms with Crippen molar-refractivity contribution in [1.82, 2.24) is 39.9 Å². The number of H-pyrrole nitrogens is 2. The molecule has 0 saturated heterocycles. The van der Waals surface area contributed by atoms with Crippen LogP contribution >= 0.6 is 0 Å². The van der Waals surface area contributed by atoms with Crippen molar-refractivity contribution in [3.8, 4) is 45.6 Å². The zero-order valence-corrected chi connectivity index (χ0v) is 24.6. The SMILES string of the molecule is [NH2][Fe]([NH2])([NH2])([NH2])[c]1cccc2c3nc4nc(nc5[nH]c(nc6nc(nc([nH]3)c12)-c1ccccc1-6)c1ccccc51)-c1ccccc1-4. The third kappa shape index (κ3) is 4.01. The first kappa shape index (κ1) is 26.0. The van der Waals surface area contributed by atoms with Crippen LogP contribution in [0.3, 0.4) is 0 Å². The van der Waals surface area contributed by atoms with Gasteiger partial charge in [-0.2, -0.15) is 0 Å². The van der Waals surface area contributed by atoms with Gasteiger partial charge in [-0.05, 0) is 0 Å². The molecule has 3 aromatic heterocycles. The van der Waals surface area contributed by atoms with Crippen LogP contribution in [-0.2, 0) is 12.7 Å². The van der Waals surface area contributed by atoms with E-state index in [2.05, 4.69) is 9.97 Å². The van der Waals surface area contributed by atoms with Crippen LogP contribution in [-0.4, -0.2) is 39.9 Å². The molecule has 13 heteroatoms. The molecule has 0 radical (unpaired) electrons. The number of nitrogens with zero attached hydrogens (tertiary/aromatic N) is 6. The van der Waals surface area contributed by atoms with E-state index in [4.69, 9.17) is 48.9 Å². The number of benzene rings is 4. The number of rotatable bonds is 1. The number of hydrogen-bond acceptors (Lipinski definition) is 10. The zero-order chi connectivity index (χ0) is 30.5. The molecule has 0 saturated carbocycles. The van der Waals surface area contributed by atoms with Gasteiger partial charge < -0.3 is 0 Å². The van der Waals surface area contributed by atoms with Crippen LogP contribution in [0.25, 0.3) is 89.7 Å². The third-order valence-electron chi connectivity index (χ3n) is 7.96. The fraction of sp³-hybridized carbons (Fsp3) is 0. The van der Waals surface area contributed by atoms with E-state index in [-0.39, 0.29) is 0 Å². The third-order valence-corrected chi connectivity index (χ3v) is 9.79. The number of aromatic nitrogens is 8. The van der Waals surface area contributed by atoms with Crippen LogP contribution in [0, 0.1) is 0 Å². The molecule has 8 bridgehead atoms. The molecule has 0 aliphatic carbocycles. The van der Waals surface area contributed by atoms with E-state index in [9.17, 15) is 0 Å². The van der Waals surface area contributed by atoms with Gasteiger partial charge in [-0.15, -0.1) is 0 Å². The van der Waals surface area contributed by atoms with Crippen LogP contribution in [0.1, 0.15) is 0 Å². The van der Waals surface area contributed by atoms with E-state index < -0.39 is 12.7 Å². The molecule has 5 heterocycles. The molecule has 12 nitrogen and oxygen atoms in total. The normalized spacial score (nSPS) is 13.4. The molecule has 7 aromatic rings. The number of hydrogen-bond donors (Lipinski definition) is 6. The predicted molar refractivity (Wildman–Crippen MR) is 172 cm³/mol. The van der Waals surface area contributed by atoms with Gasteiger partial charge in [-0.25, -0.2) is 0 Å². The molecule has 2 aliphatic rings. The first-order valence-electron chi connectivity index (χ1n) is 13.9. The Hall–Kier alpha value is -5.40. The van der Waals surface area contributed by atoms with Gasteiger partial charge in [-0.3, -0.25) is 0 Å². The molecule has 4 aromatic carbocycles.